The first-order valence-corrected chi connectivity index (χ1v) is 6.35. The standard InChI is InChI=1S/C15H18N2O3/c1-11(12-7-5-4-6-8-12)17-10-16-9-13(17)14(18)15(19-2)20-3/h4-11,15H,1-3H3/t11-/m1/s1. The van der Waals surface area contributed by atoms with E-state index in [0.29, 0.717) is 5.69 Å². The van der Waals surface area contributed by atoms with Crippen LogP contribution < -0.4 is 0 Å². The van der Waals surface area contributed by atoms with E-state index in [1.807, 2.05) is 41.8 Å². The van der Waals surface area contributed by atoms with Gasteiger partial charge in [0.05, 0.1) is 18.6 Å². The van der Waals surface area contributed by atoms with Crippen LogP contribution in [0.3, 0.4) is 0 Å². The highest BCUT2D eigenvalue weighted by atomic mass is 16.7. The Bertz CT molecular complexity index is 562. The number of ketones is 1. The lowest BCUT2D eigenvalue weighted by atomic mass is 10.1. The number of hydrogen-bond acceptors (Lipinski definition) is 4. The van der Waals surface area contributed by atoms with Crippen LogP contribution in [0.2, 0.25) is 0 Å². The molecule has 0 N–H and O–H groups in total. The van der Waals surface area contributed by atoms with Crippen LogP contribution in [-0.2, 0) is 9.47 Å². The molecule has 0 amide bonds. The minimum atomic E-state index is -0.909. The minimum absolute atomic E-state index is 0.00649. The Kier molecular flexibility index (Phi) is 4.65. The van der Waals surface area contributed by atoms with Crippen LogP contribution in [0, 0.1) is 0 Å². The van der Waals surface area contributed by atoms with Gasteiger partial charge in [0.25, 0.3) is 0 Å². The Morgan fingerprint density at radius 2 is 1.85 bits per heavy atom. The van der Waals surface area contributed by atoms with Crippen molar-refractivity contribution in [3.05, 3.63) is 54.1 Å². The number of imidazole rings is 1. The highest BCUT2D eigenvalue weighted by Gasteiger charge is 2.24. The van der Waals surface area contributed by atoms with Crippen LogP contribution in [0.5, 0.6) is 0 Å². The molecule has 1 aromatic carbocycles. The van der Waals surface area contributed by atoms with Gasteiger partial charge in [-0.3, -0.25) is 4.79 Å². The van der Waals surface area contributed by atoms with Crippen LogP contribution in [0.1, 0.15) is 29.0 Å². The van der Waals surface area contributed by atoms with E-state index in [1.165, 1.54) is 20.4 Å². The molecule has 5 nitrogen and oxygen atoms in total. The fourth-order valence-corrected chi connectivity index (χ4v) is 2.13. The van der Waals surface area contributed by atoms with Crippen molar-refractivity contribution in [2.24, 2.45) is 0 Å². The summed E-state index contributed by atoms with van der Waals surface area (Å²) in [4.78, 5) is 16.4. The molecule has 1 atom stereocenters. The number of ether oxygens (including phenoxy) is 2. The molecular weight excluding hydrogens is 256 g/mol. The van der Waals surface area contributed by atoms with Crippen molar-refractivity contribution in [1.82, 2.24) is 9.55 Å². The van der Waals surface area contributed by atoms with E-state index < -0.39 is 6.29 Å². The fraction of sp³-hybridized carbons (Fsp3) is 0.333. The van der Waals surface area contributed by atoms with Gasteiger partial charge < -0.3 is 14.0 Å². The maximum atomic E-state index is 12.3. The van der Waals surface area contributed by atoms with Gasteiger partial charge in [0.1, 0.15) is 5.69 Å². The van der Waals surface area contributed by atoms with Crippen LogP contribution in [0.25, 0.3) is 0 Å². The summed E-state index contributed by atoms with van der Waals surface area (Å²) in [6.07, 6.45) is 2.27. The highest BCUT2D eigenvalue weighted by molar-refractivity contribution is 5.97. The van der Waals surface area contributed by atoms with Gasteiger partial charge in [-0.1, -0.05) is 30.3 Å². The van der Waals surface area contributed by atoms with E-state index in [-0.39, 0.29) is 11.8 Å². The second-order valence-corrected chi connectivity index (χ2v) is 4.44. The summed E-state index contributed by atoms with van der Waals surface area (Å²) in [7, 11) is 2.88. The molecule has 0 saturated carbocycles. The van der Waals surface area contributed by atoms with E-state index in [4.69, 9.17) is 9.47 Å². The zero-order valence-corrected chi connectivity index (χ0v) is 11.8. The first-order chi connectivity index (χ1) is 9.69. The van der Waals surface area contributed by atoms with Gasteiger partial charge in [-0.15, -0.1) is 0 Å². The van der Waals surface area contributed by atoms with Crippen LogP contribution in [0.4, 0.5) is 0 Å². The predicted octanol–water partition coefficient (Wildman–Crippen LogP) is 2.29. The molecule has 2 rings (SSSR count). The van der Waals surface area contributed by atoms with Gasteiger partial charge in [-0.25, -0.2) is 4.98 Å². The molecule has 20 heavy (non-hydrogen) atoms. The molecule has 0 aliphatic carbocycles. The lowest BCUT2D eigenvalue weighted by Gasteiger charge is -2.18. The minimum Gasteiger partial charge on any atom is -0.349 e. The van der Waals surface area contributed by atoms with Crippen LogP contribution >= 0.6 is 0 Å². The summed E-state index contributed by atoms with van der Waals surface area (Å²) in [5.41, 5.74) is 1.57. The third kappa shape index (κ3) is 2.79. The third-order valence-electron chi connectivity index (χ3n) is 3.26. The number of rotatable bonds is 6. The summed E-state index contributed by atoms with van der Waals surface area (Å²) >= 11 is 0. The smallest absolute Gasteiger partial charge is 0.236 e. The molecule has 0 unspecified atom stereocenters. The number of aromatic nitrogens is 2. The summed E-state index contributed by atoms with van der Waals surface area (Å²) < 4.78 is 11.8. The molecule has 0 saturated heterocycles. The van der Waals surface area contributed by atoms with Gasteiger partial charge in [0.2, 0.25) is 12.1 Å². The molecule has 5 heteroatoms. The molecule has 1 heterocycles. The third-order valence-corrected chi connectivity index (χ3v) is 3.26. The highest BCUT2D eigenvalue weighted by Crippen LogP contribution is 2.20. The Labute approximate surface area is 118 Å². The molecule has 0 fully saturated rings. The fourth-order valence-electron chi connectivity index (χ4n) is 2.13. The number of carbonyl (C=O) groups is 1. The first kappa shape index (κ1) is 14.4. The average molecular weight is 274 g/mol. The number of methoxy groups -OCH3 is 2. The van der Waals surface area contributed by atoms with Gasteiger partial charge in [0.15, 0.2) is 0 Å². The number of Topliss-reactive ketones (excluding diaryl/α,β-unsaturated/α-hetero) is 1. The molecule has 2 aromatic rings. The van der Waals surface area contributed by atoms with Crippen LogP contribution in [-0.4, -0.2) is 35.8 Å². The maximum Gasteiger partial charge on any atom is 0.236 e. The van der Waals surface area contributed by atoms with Crippen molar-refractivity contribution in [3.8, 4) is 0 Å². The molecule has 0 aliphatic rings. The topological polar surface area (TPSA) is 53.4 Å². The Morgan fingerprint density at radius 1 is 1.20 bits per heavy atom. The van der Waals surface area contributed by atoms with E-state index in [9.17, 15) is 4.79 Å². The molecule has 0 bridgehead atoms. The lowest BCUT2D eigenvalue weighted by Crippen LogP contribution is -2.27. The molecule has 0 radical (unpaired) electrons. The number of carbonyl (C=O) groups excluding carboxylic acids is 1. The van der Waals surface area contributed by atoms with Crippen molar-refractivity contribution < 1.29 is 14.3 Å². The Morgan fingerprint density at radius 3 is 2.45 bits per heavy atom. The SMILES string of the molecule is COC(OC)C(=O)c1cncn1[C@H](C)c1ccccc1. The zero-order chi connectivity index (χ0) is 14.5. The summed E-state index contributed by atoms with van der Waals surface area (Å²) in [5, 5.41) is 0. The van der Waals surface area contributed by atoms with E-state index in [2.05, 4.69) is 4.98 Å². The molecular formula is C15H18N2O3. The summed E-state index contributed by atoms with van der Waals surface area (Å²) in [6.45, 7) is 2.02. The quantitative estimate of drug-likeness (QED) is 0.599. The average Bonchev–Trinajstić information content (AvgIpc) is 2.98. The van der Waals surface area contributed by atoms with Crippen molar-refractivity contribution >= 4 is 5.78 Å². The first-order valence-electron chi connectivity index (χ1n) is 6.35. The molecule has 0 spiro atoms. The lowest BCUT2D eigenvalue weighted by molar-refractivity contribution is -0.0746. The second kappa shape index (κ2) is 6.45. The van der Waals surface area contributed by atoms with Crippen molar-refractivity contribution in [2.45, 2.75) is 19.3 Å². The van der Waals surface area contributed by atoms with Crippen LogP contribution in [0.15, 0.2) is 42.9 Å². The summed E-state index contributed by atoms with van der Waals surface area (Å²) in [5.74, 6) is -0.240. The van der Waals surface area contributed by atoms with Gasteiger partial charge in [-0.2, -0.15) is 0 Å². The largest absolute Gasteiger partial charge is 0.349 e. The molecule has 106 valence electrons. The van der Waals surface area contributed by atoms with Gasteiger partial charge >= 0.3 is 0 Å². The monoisotopic (exact) mass is 274 g/mol. The number of benzene rings is 1. The van der Waals surface area contributed by atoms with E-state index in [1.54, 1.807) is 6.33 Å². The Balaban J connectivity index is 2.31. The number of nitrogens with zero attached hydrogens (tertiary/aromatic N) is 2. The molecule has 1 aromatic heterocycles. The van der Waals surface area contributed by atoms with E-state index >= 15 is 0 Å². The maximum absolute atomic E-state index is 12.3. The second-order valence-electron chi connectivity index (χ2n) is 4.44. The van der Waals surface area contributed by atoms with Gasteiger partial charge in [-0.05, 0) is 12.5 Å². The Hall–Kier alpha value is -1.98. The summed E-state index contributed by atoms with van der Waals surface area (Å²) in [6, 6.07) is 9.94. The van der Waals surface area contributed by atoms with Crippen molar-refractivity contribution in [1.29, 1.82) is 0 Å². The van der Waals surface area contributed by atoms with Crippen molar-refractivity contribution in [2.75, 3.05) is 14.2 Å². The van der Waals surface area contributed by atoms with Gasteiger partial charge in [0, 0.05) is 14.2 Å². The normalized spacial score (nSPS) is 12.6. The molecule has 0 aliphatic heterocycles. The predicted molar refractivity (Wildman–Crippen MR) is 74.6 cm³/mol. The van der Waals surface area contributed by atoms with E-state index in [0.717, 1.165) is 5.56 Å². The number of hydrogen-bond donors (Lipinski definition) is 0. The zero-order valence-electron chi connectivity index (χ0n) is 11.8. The van der Waals surface area contributed by atoms with Crippen molar-refractivity contribution in [3.63, 3.8) is 0 Å².